The molecule has 2 aliphatic rings. The summed E-state index contributed by atoms with van der Waals surface area (Å²) in [6, 6.07) is 10.9. The number of carbonyl (C=O) groups is 1. The molecule has 8 nitrogen and oxygen atoms in total. The standard InChI is InChI=1S/C26H34FN3O5S/c1-34-24-13-12-21(18-25(24)35-2)36(32,33)30(20-8-4-3-5-9-20)19-26(31)29-16-14-28(15-17-29)23-11-7-6-10-22(23)27/h6-7,10-13,18,20H,3-5,8-9,14-17,19H2,1-2H3. The molecule has 36 heavy (non-hydrogen) atoms. The van der Waals surface area contributed by atoms with Gasteiger partial charge in [0.15, 0.2) is 11.5 Å². The molecule has 10 heteroatoms. The van der Waals surface area contributed by atoms with Gasteiger partial charge in [-0.2, -0.15) is 4.31 Å². The average molecular weight is 520 g/mol. The first-order valence-corrected chi connectivity index (χ1v) is 13.8. The van der Waals surface area contributed by atoms with Crippen molar-refractivity contribution in [3.05, 3.63) is 48.3 Å². The lowest BCUT2D eigenvalue weighted by Crippen LogP contribution is -2.53. The maximum atomic E-state index is 14.2. The third-order valence-corrected chi connectivity index (χ3v) is 8.95. The second-order valence-corrected chi connectivity index (χ2v) is 11.1. The molecule has 0 unspecified atom stereocenters. The fraction of sp³-hybridized carbons (Fsp3) is 0.500. The van der Waals surface area contributed by atoms with E-state index in [1.165, 1.54) is 36.7 Å². The first-order chi connectivity index (χ1) is 17.3. The largest absolute Gasteiger partial charge is 0.493 e. The number of methoxy groups -OCH3 is 2. The van der Waals surface area contributed by atoms with Crippen molar-refractivity contribution in [2.24, 2.45) is 0 Å². The van der Waals surface area contributed by atoms with Crippen LogP contribution in [0.25, 0.3) is 0 Å². The predicted octanol–water partition coefficient (Wildman–Crippen LogP) is 3.52. The highest BCUT2D eigenvalue weighted by molar-refractivity contribution is 7.89. The number of piperazine rings is 1. The molecule has 1 aliphatic carbocycles. The molecule has 196 valence electrons. The van der Waals surface area contributed by atoms with E-state index in [0.29, 0.717) is 43.4 Å². The van der Waals surface area contributed by atoms with E-state index < -0.39 is 10.0 Å². The maximum absolute atomic E-state index is 14.2. The Kier molecular flexibility index (Phi) is 8.35. The van der Waals surface area contributed by atoms with Crippen molar-refractivity contribution in [3.63, 3.8) is 0 Å². The van der Waals surface area contributed by atoms with Crippen LogP contribution in [0.5, 0.6) is 11.5 Å². The summed E-state index contributed by atoms with van der Waals surface area (Å²) in [5, 5.41) is 0. The first-order valence-electron chi connectivity index (χ1n) is 12.4. The molecule has 0 spiro atoms. The third-order valence-electron chi connectivity index (χ3n) is 7.06. The Morgan fingerprint density at radius 1 is 0.972 bits per heavy atom. The molecule has 1 saturated heterocycles. The molecule has 2 fully saturated rings. The number of halogens is 1. The molecule has 4 rings (SSSR count). The molecule has 1 aliphatic heterocycles. The maximum Gasteiger partial charge on any atom is 0.243 e. The van der Waals surface area contributed by atoms with Crippen LogP contribution in [0.3, 0.4) is 0 Å². The summed E-state index contributed by atoms with van der Waals surface area (Å²) in [5.74, 6) is 0.224. The number of anilines is 1. The Morgan fingerprint density at radius 3 is 2.28 bits per heavy atom. The van der Waals surface area contributed by atoms with Crippen molar-refractivity contribution in [2.45, 2.75) is 43.0 Å². The van der Waals surface area contributed by atoms with Crippen molar-refractivity contribution >= 4 is 21.6 Å². The minimum Gasteiger partial charge on any atom is -0.493 e. The first kappa shape index (κ1) is 26.2. The van der Waals surface area contributed by atoms with Crippen molar-refractivity contribution in [1.82, 2.24) is 9.21 Å². The molecular weight excluding hydrogens is 485 g/mol. The van der Waals surface area contributed by atoms with Gasteiger partial charge in [0.2, 0.25) is 15.9 Å². The van der Waals surface area contributed by atoms with Crippen LogP contribution in [-0.4, -0.2) is 76.5 Å². The number of sulfonamides is 1. The lowest BCUT2D eigenvalue weighted by atomic mass is 9.95. The van der Waals surface area contributed by atoms with Gasteiger partial charge in [-0.05, 0) is 37.1 Å². The molecule has 1 heterocycles. The number of nitrogens with zero attached hydrogens (tertiary/aromatic N) is 3. The highest BCUT2D eigenvalue weighted by Gasteiger charge is 2.36. The molecule has 2 aromatic rings. The zero-order valence-corrected chi connectivity index (χ0v) is 21.7. The molecule has 0 atom stereocenters. The van der Waals surface area contributed by atoms with E-state index in [4.69, 9.17) is 9.47 Å². The highest BCUT2D eigenvalue weighted by atomic mass is 32.2. The Bertz CT molecular complexity index is 1160. The Hall–Kier alpha value is -2.85. The number of hydrogen-bond donors (Lipinski definition) is 0. The fourth-order valence-corrected chi connectivity index (χ4v) is 6.68. The zero-order chi connectivity index (χ0) is 25.7. The summed E-state index contributed by atoms with van der Waals surface area (Å²) < 4.78 is 53.7. The van der Waals surface area contributed by atoms with Crippen molar-refractivity contribution in [2.75, 3.05) is 51.8 Å². The molecular formula is C26H34FN3O5S. The van der Waals surface area contributed by atoms with Gasteiger partial charge >= 0.3 is 0 Å². The molecule has 0 N–H and O–H groups in total. The van der Waals surface area contributed by atoms with Crippen LogP contribution in [0.15, 0.2) is 47.4 Å². The SMILES string of the molecule is COc1ccc(S(=O)(=O)N(CC(=O)N2CCN(c3ccccc3F)CC2)C2CCCCC2)cc1OC. The summed E-state index contributed by atoms with van der Waals surface area (Å²) >= 11 is 0. The molecule has 0 aromatic heterocycles. The number of ether oxygens (including phenoxy) is 2. The lowest BCUT2D eigenvalue weighted by Gasteiger charge is -2.38. The quantitative estimate of drug-likeness (QED) is 0.531. The van der Waals surface area contributed by atoms with Crippen LogP contribution in [0.2, 0.25) is 0 Å². The van der Waals surface area contributed by atoms with Gasteiger partial charge in [0.05, 0.1) is 31.3 Å². The second kappa shape index (κ2) is 11.5. The van der Waals surface area contributed by atoms with Crippen molar-refractivity contribution in [1.29, 1.82) is 0 Å². The minimum absolute atomic E-state index is 0.0721. The van der Waals surface area contributed by atoms with E-state index >= 15 is 0 Å². The topological polar surface area (TPSA) is 79.4 Å². The summed E-state index contributed by atoms with van der Waals surface area (Å²) in [5.41, 5.74) is 0.518. The van der Waals surface area contributed by atoms with Crippen molar-refractivity contribution in [3.8, 4) is 11.5 Å². The van der Waals surface area contributed by atoms with Gasteiger partial charge in [0.1, 0.15) is 5.82 Å². The van der Waals surface area contributed by atoms with Gasteiger partial charge in [0.25, 0.3) is 0 Å². The molecule has 1 amide bonds. The van der Waals surface area contributed by atoms with E-state index in [0.717, 1.165) is 32.1 Å². The van der Waals surface area contributed by atoms with E-state index in [2.05, 4.69) is 0 Å². The van der Waals surface area contributed by atoms with Gasteiger partial charge in [0, 0.05) is 38.3 Å². The summed E-state index contributed by atoms with van der Waals surface area (Å²) in [6.07, 6.45) is 4.37. The van der Waals surface area contributed by atoms with Gasteiger partial charge in [-0.1, -0.05) is 31.4 Å². The van der Waals surface area contributed by atoms with E-state index in [-0.39, 0.29) is 29.2 Å². The summed E-state index contributed by atoms with van der Waals surface area (Å²) in [4.78, 5) is 17.0. The Labute approximate surface area is 212 Å². The van der Waals surface area contributed by atoms with Crippen LogP contribution in [0, 0.1) is 5.82 Å². The average Bonchev–Trinajstić information content (AvgIpc) is 2.92. The molecule has 0 bridgehead atoms. The normalized spacial score (nSPS) is 17.3. The molecule has 2 aromatic carbocycles. The van der Waals surface area contributed by atoms with Crippen LogP contribution in [-0.2, 0) is 14.8 Å². The predicted molar refractivity (Wildman–Crippen MR) is 136 cm³/mol. The van der Waals surface area contributed by atoms with E-state index in [1.807, 2.05) is 4.90 Å². The number of para-hydroxylation sites is 1. The molecule has 0 radical (unpaired) electrons. The minimum atomic E-state index is -3.96. The van der Waals surface area contributed by atoms with E-state index in [1.54, 1.807) is 29.2 Å². The monoisotopic (exact) mass is 519 g/mol. The molecule has 1 saturated carbocycles. The Morgan fingerprint density at radius 2 is 1.64 bits per heavy atom. The summed E-state index contributed by atoms with van der Waals surface area (Å²) in [6.45, 7) is 1.56. The van der Waals surface area contributed by atoms with Gasteiger partial charge in [-0.15, -0.1) is 0 Å². The van der Waals surface area contributed by atoms with Crippen LogP contribution >= 0.6 is 0 Å². The van der Waals surface area contributed by atoms with Crippen molar-refractivity contribution < 1.29 is 27.1 Å². The summed E-state index contributed by atoms with van der Waals surface area (Å²) in [7, 11) is -1.01. The van der Waals surface area contributed by atoms with Crippen LogP contribution in [0.4, 0.5) is 10.1 Å². The number of amides is 1. The highest BCUT2D eigenvalue weighted by Crippen LogP contribution is 2.33. The second-order valence-electron chi connectivity index (χ2n) is 9.18. The van der Waals surface area contributed by atoms with Gasteiger partial charge in [-0.3, -0.25) is 4.79 Å². The Balaban J connectivity index is 1.52. The van der Waals surface area contributed by atoms with Crippen LogP contribution in [0.1, 0.15) is 32.1 Å². The van der Waals surface area contributed by atoms with Gasteiger partial charge in [-0.25, -0.2) is 12.8 Å². The third kappa shape index (κ3) is 5.59. The number of rotatable bonds is 8. The number of benzene rings is 2. The van der Waals surface area contributed by atoms with E-state index in [9.17, 15) is 17.6 Å². The zero-order valence-electron chi connectivity index (χ0n) is 20.9. The smallest absolute Gasteiger partial charge is 0.243 e. The lowest BCUT2D eigenvalue weighted by molar-refractivity contribution is -0.132. The fourth-order valence-electron chi connectivity index (χ4n) is 5.03. The number of hydrogen-bond acceptors (Lipinski definition) is 6. The van der Waals surface area contributed by atoms with Gasteiger partial charge < -0.3 is 19.3 Å². The number of carbonyl (C=O) groups excluding carboxylic acids is 1. The van der Waals surface area contributed by atoms with Crippen LogP contribution < -0.4 is 14.4 Å².